The number of carbonyl (C=O) groups is 1. The Hall–Kier alpha value is -0.650. The second-order valence-corrected chi connectivity index (χ2v) is 3.91. The Morgan fingerprint density at radius 2 is 2.07 bits per heavy atom. The lowest BCUT2D eigenvalue weighted by atomic mass is 10.2. The lowest BCUT2D eigenvalue weighted by Crippen LogP contribution is -2.41. The highest BCUT2D eigenvalue weighted by molar-refractivity contribution is 5.76. The maximum Gasteiger partial charge on any atom is 0.326 e. The number of hydrazine groups is 2. The first-order valence-corrected chi connectivity index (χ1v) is 5.68. The van der Waals surface area contributed by atoms with Gasteiger partial charge in [0.15, 0.2) is 0 Å². The van der Waals surface area contributed by atoms with Crippen molar-refractivity contribution >= 4 is 5.97 Å². The lowest BCUT2D eigenvalue weighted by molar-refractivity contribution is -0.146. The number of rotatable bonds is 6. The molecule has 1 heterocycles. The van der Waals surface area contributed by atoms with Crippen LogP contribution in [0.25, 0.3) is 0 Å². The minimum atomic E-state index is -0.281. The first kappa shape index (κ1) is 12.4. The Bertz CT molecular complexity index is 199. The van der Waals surface area contributed by atoms with E-state index in [1.165, 1.54) is 12.8 Å². The van der Waals surface area contributed by atoms with Crippen LogP contribution in [0.2, 0.25) is 0 Å². The molecular formula is C10H21N3O2. The number of hydrogen-bond acceptors (Lipinski definition) is 5. The summed E-state index contributed by atoms with van der Waals surface area (Å²) in [5, 5.41) is 0. The van der Waals surface area contributed by atoms with Gasteiger partial charge in [-0.25, -0.2) is 10.9 Å². The summed E-state index contributed by atoms with van der Waals surface area (Å²) < 4.78 is 5.16. The molecule has 2 atom stereocenters. The number of ether oxygens (including phenoxy) is 1. The summed E-state index contributed by atoms with van der Waals surface area (Å²) in [5.41, 5.74) is 8.43. The average molecular weight is 215 g/mol. The first-order chi connectivity index (χ1) is 7.25. The fourth-order valence-corrected chi connectivity index (χ4v) is 1.50. The van der Waals surface area contributed by atoms with Gasteiger partial charge in [0, 0.05) is 6.04 Å². The van der Waals surface area contributed by atoms with Crippen LogP contribution >= 0.6 is 0 Å². The largest absolute Gasteiger partial charge is 0.464 e. The highest BCUT2D eigenvalue weighted by atomic mass is 16.5. The molecule has 1 aliphatic heterocycles. The van der Waals surface area contributed by atoms with Crippen LogP contribution in [0.15, 0.2) is 0 Å². The van der Waals surface area contributed by atoms with Gasteiger partial charge in [-0.3, -0.25) is 4.79 Å². The van der Waals surface area contributed by atoms with E-state index in [2.05, 4.69) is 23.3 Å². The molecule has 0 bridgehead atoms. The SMILES string of the molecule is CCCCCCOC(=O)C1NNNC1C. The predicted molar refractivity (Wildman–Crippen MR) is 57.8 cm³/mol. The van der Waals surface area contributed by atoms with Crippen molar-refractivity contribution in [1.29, 1.82) is 0 Å². The molecular weight excluding hydrogens is 194 g/mol. The average Bonchev–Trinajstić information content (AvgIpc) is 2.64. The molecule has 0 aliphatic carbocycles. The maximum atomic E-state index is 11.5. The summed E-state index contributed by atoms with van der Waals surface area (Å²) >= 11 is 0. The molecule has 3 N–H and O–H groups in total. The van der Waals surface area contributed by atoms with Gasteiger partial charge in [-0.2, -0.15) is 5.53 Å². The van der Waals surface area contributed by atoms with E-state index in [0.29, 0.717) is 6.61 Å². The summed E-state index contributed by atoms with van der Waals surface area (Å²) in [5.74, 6) is -0.184. The van der Waals surface area contributed by atoms with Crippen LogP contribution in [0, 0.1) is 0 Å². The minimum Gasteiger partial charge on any atom is -0.464 e. The second kappa shape index (κ2) is 6.76. The second-order valence-electron chi connectivity index (χ2n) is 3.91. The monoisotopic (exact) mass is 215 g/mol. The third-order valence-corrected chi connectivity index (χ3v) is 2.52. The summed E-state index contributed by atoms with van der Waals surface area (Å²) in [4.78, 5) is 11.5. The fourth-order valence-electron chi connectivity index (χ4n) is 1.50. The third kappa shape index (κ3) is 4.15. The van der Waals surface area contributed by atoms with Crippen molar-refractivity contribution in [2.24, 2.45) is 0 Å². The number of hydrogen-bond donors (Lipinski definition) is 3. The molecule has 15 heavy (non-hydrogen) atoms. The zero-order valence-corrected chi connectivity index (χ0v) is 9.51. The highest BCUT2D eigenvalue weighted by Crippen LogP contribution is 2.02. The van der Waals surface area contributed by atoms with Crippen molar-refractivity contribution < 1.29 is 9.53 Å². The van der Waals surface area contributed by atoms with Crippen molar-refractivity contribution in [2.45, 2.75) is 51.6 Å². The molecule has 5 heteroatoms. The van der Waals surface area contributed by atoms with Gasteiger partial charge in [0.1, 0.15) is 6.04 Å². The van der Waals surface area contributed by atoms with Gasteiger partial charge in [0.05, 0.1) is 6.61 Å². The molecule has 1 fully saturated rings. The lowest BCUT2D eigenvalue weighted by Gasteiger charge is -2.12. The van der Waals surface area contributed by atoms with Crippen LogP contribution in [0.4, 0.5) is 0 Å². The fraction of sp³-hybridized carbons (Fsp3) is 0.900. The van der Waals surface area contributed by atoms with Crippen LogP contribution in [0.5, 0.6) is 0 Å². The van der Waals surface area contributed by atoms with Crippen LogP contribution in [0.1, 0.15) is 39.5 Å². The van der Waals surface area contributed by atoms with E-state index in [4.69, 9.17) is 4.74 Å². The van der Waals surface area contributed by atoms with E-state index < -0.39 is 0 Å². The Morgan fingerprint density at radius 3 is 2.67 bits per heavy atom. The van der Waals surface area contributed by atoms with Crippen molar-refractivity contribution in [2.75, 3.05) is 6.61 Å². The maximum absolute atomic E-state index is 11.5. The molecule has 5 nitrogen and oxygen atoms in total. The zero-order valence-electron chi connectivity index (χ0n) is 9.51. The van der Waals surface area contributed by atoms with Gasteiger partial charge in [0.2, 0.25) is 0 Å². The Kier molecular flexibility index (Phi) is 5.60. The van der Waals surface area contributed by atoms with Crippen molar-refractivity contribution in [3.8, 4) is 0 Å². The molecule has 2 unspecified atom stereocenters. The third-order valence-electron chi connectivity index (χ3n) is 2.52. The highest BCUT2D eigenvalue weighted by Gasteiger charge is 2.30. The molecule has 1 rings (SSSR count). The van der Waals surface area contributed by atoms with E-state index >= 15 is 0 Å². The molecule has 0 saturated carbocycles. The summed E-state index contributed by atoms with van der Waals surface area (Å²) in [6.07, 6.45) is 4.50. The Balaban J connectivity index is 2.08. The molecule has 0 aromatic rings. The van der Waals surface area contributed by atoms with Gasteiger partial charge in [-0.05, 0) is 13.3 Å². The molecule has 1 aliphatic rings. The number of esters is 1. The minimum absolute atomic E-state index is 0.0631. The molecule has 0 aromatic heterocycles. The van der Waals surface area contributed by atoms with Crippen molar-refractivity contribution in [3.63, 3.8) is 0 Å². The van der Waals surface area contributed by atoms with Crippen molar-refractivity contribution in [1.82, 2.24) is 16.4 Å². The van der Waals surface area contributed by atoms with E-state index in [0.717, 1.165) is 12.8 Å². The van der Waals surface area contributed by atoms with Crippen LogP contribution < -0.4 is 16.4 Å². The predicted octanol–water partition coefficient (Wildman–Crippen LogP) is 0.479. The molecule has 0 spiro atoms. The topological polar surface area (TPSA) is 62.4 Å². The Morgan fingerprint density at radius 1 is 1.27 bits per heavy atom. The molecule has 0 amide bonds. The summed E-state index contributed by atoms with van der Waals surface area (Å²) in [6, 6.07) is -0.218. The smallest absolute Gasteiger partial charge is 0.326 e. The van der Waals surface area contributed by atoms with Gasteiger partial charge >= 0.3 is 5.97 Å². The van der Waals surface area contributed by atoms with Gasteiger partial charge in [-0.1, -0.05) is 26.2 Å². The molecule has 0 aromatic carbocycles. The molecule has 88 valence electrons. The van der Waals surface area contributed by atoms with Crippen LogP contribution in [-0.4, -0.2) is 24.7 Å². The standard InChI is InChI=1S/C10H21N3O2/c1-3-4-5-6-7-15-10(14)9-8(2)11-13-12-9/h8-9,11-13H,3-7H2,1-2H3. The number of carbonyl (C=O) groups excluding carboxylic acids is 1. The van der Waals surface area contributed by atoms with Crippen molar-refractivity contribution in [3.05, 3.63) is 0 Å². The Labute approximate surface area is 90.9 Å². The van der Waals surface area contributed by atoms with E-state index in [1.54, 1.807) is 0 Å². The summed E-state index contributed by atoms with van der Waals surface area (Å²) in [7, 11) is 0. The van der Waals surface area contributed by atoms with Crippen LogP contribution in [0.3, 0.4) is 0 Å². The normalized spacial score (nSPS) is 25.5. The number of nitrogens with one attached hydrogen (secondary N) is 3. The zero-order chi connectivity index (χ0) is 11.1. The first-order valence-electron chi connectivity index (χ1n) is 5.68. The van der Waals surface area contributed by atoms with Gasteiger partial charge in [0.25, 0.3) is 0 Å². The van der Waals surface area contributed by atoms with Gasteiger partial charge in [-0.15, -0.1) is 0 Å². The summed E-state index contributed by atoms with van der Waals surface area (Å²) in [6.45, 7) is 4.62. The van der Waals surface area contributed by atoms with E-state index in [9.17, 15) is 4.79 Å². The van der Waals surface area contributed by atoms with Crippen LogP contribution in [-0.2, 0) is 9.53 Å². The quantitative estimate of drug-likeness (QED) is 0.444. The van der Waals surface area contributed by atoms with Gasteiger partial charge < -0.3 is 4.74 Å². The molecule has 0 radical (unpaired) electrons. The molecule has 1 saturated heterocycles. The van der Waals surface area contributed by atoms with E-state index in [-0.39, 0.29) is 18.1 Å². The van der Waals surface area contributed by atoms with E-state index in [1.807, 2.05) is 6.92 Å². The number of unbranched alkanes of at least 4 members (excludes halogenated alkanes) is 3.